The Bertz CT molecular complexity index is 1190. The average Bonchev–Trinajstić information content (AvgIpc) is 3.39. The van der Waals surface area contributed by atoms with E-state index in [0.29, 0.717) is 30.3 Å². The van der Waals surface area contributed by atoms with Crippen LogP contribution in [0, 0.1) is 0 Å². The molecule has 2 heterocycles. The third-order valence-corrected chi connectivity index (χ3v) is 8.32. The molecule has 2 aromatic carbocycles. The first-order valence-corrected chi connectivity index (χ1v) is 12.8. The van der Waals surface area contributed by atoms with E-state index in [9.17, 15) is 8.42 Å². The van der Waals surface area contributed by atoms with Gasteiger partial charge in [-0.2, -0.15) is 4.31 Å². The van der Waals surface area contributed by atoms with Gasteiger partial charge in [0.1, 0.15) is 5.82 Å². The zero-order valence-electron chi connectivity index (χ0n) is 18.1. The maximum absolute atomic E-state index is 12.6. The number of sulfonamides is 1. The number of fused-ring (bicyclic) bond motifs is 1. The quantitative estimate of drug-likeness (QED) is 0.604. The number of anilines is 1. The van der Waals surface area contributed by atoms with Crippen LogP contribution in [-0.4, -0.2) is 36.0 Å². The third kappa shape index (κ3) is 4.40. The Labute approximate surface area is 189 Å². The Kier molecular flexibility index (Phi) is 5.93. The highest BCUT2D eigenvalue weighted by atomic mass is 32.2. The van der Waals surface area contributed by atoms with E-state index in [2.05, 4.69) is 33.7 Å². The highest BCUT2D eigenvalue weighted by molar-refractivity contribution is 7.89. The van der Waals surface area contributed by atoms with Crippen molar-refractivity contribution in [2.24, 2.45) is 0 Å². The number of rotatable bonds is 6. The molecule has 1 aromatic heterocycles. The molecular formula is C25H28N4O2S. The Morgan fingerprint density at radius 3 is 2.28 bits per heavy atom. The second kappa shape index (κ2) is 9.00. The normalized spacial score (nSPS) is 16.6. The molecule has 7 heteroatoms. The maximum Gasteiger partial charge on any atom is 0.243 e. The third-order valence-electron chi connectivity index (χ3n) is 6.41. The van der Waals surface area contributed by atoms with Crippen molar-refractivity contribution in [1.29, 1.82) is 0 Å². The first-order valence-electron chi connectivity index (χ1n) is 11.4. The van der Waals surface area contributed by atoms with Gasteiger partial charge in [0.25, 0.3) is 0 Å². The molecule has 1 aliphatic heterocycles. The van der Waals surface area contributed by atoms with Crippen LogP contribution in [0.3, 0.4) is 0 Å². The van der Waals surface area contributed by atoms with Crippen LogP contribution in [0.4, 0.5) is 5.82 Å². The minimum Gasteiger partial charge on any atom is -0.365 e. The summed E-state index contributed by atoms with van der Waals surface area (Å²) in [4.78, 5) is 0.359. The first kappa shape index (κ1) is 21.1. The molecule has 0 saturated carbocycles. The van der Waals surface area contributed by atoms with Gasteiger partial charge < -0.3 is 5.32 Å². The molecule has 3 aromatic rings. The topological polar surface area (TPSA) is 75.2 Å². The molecule has 1 fully saturated rings. The molecule has 2 aliphatic rings. The Balaban J connectivity index is 1.22. The van der Waals surface area contributed by atoms with Crippen molar-refractivity contribution in [2.45, 2.75) is 50.0 Å². The van der Waals surface area contributed by atoms with Crippen molar-refractivity contribution in [1.82, 2.24) is 14.5 Å². The lowest BCUT2D eigenvalue weighted by Gasteiger charge is -2.16. The van der Waals surface area contributed by atoms with E-state index in [1.807, 2.05) is 24.3 Å². The van der Waals surface area contributed by atoms with Gasteiger partial charge in [-0.05, 0) is 85.5 Å². The summed E-state index contributed by atoms with van der Waals surface area (Å²) in [5.74, 6) is 0.695. The second-order valence-electron chi connectivity index (χ2n) is 8.60. The van der Waals surface area contributed by atoms with Gasteiger partial charge in [0.05, 0.1) is 10.6 Å². The lowest BCUT2D eigenvalue weighted by atomic mass is 9.90. The summed E-state index contributed by atoms with van der Waals surface area (Å²) in [6, 6.07) is 17.6. The molecule has 5 rings (SSSR count). The molecule has 0 spiro atoms. The lowest BCUT2D eigenvalue weighted by Crippen LogP contribution is -2.27. The standard InChI is InChI=1S/C25H28N4O2S/c30-32(31,29-15-3-4-16-29)23-11-7-19(8-12-23)18-26-25-14-13-24(27-28-25)22-10-9-20-5-1-2-6-21(20)17-22/h7-14,17H,1-6,15-16,18H2,(H,26,28). The van der Waals surface area contributed by atoms with E-state index in [-0.39, 0.29) is 0 Å². The SMILES string of the molecule is O=S(=O)(c1ccc(CNc2ccc(-c3ccc4c(c3)CCCC4)nn2)cc1)N1CCCC1. The minimum absolute atomic E-state index is 0.359. The number of aryl methyl sites for hydroxylation is 2. The van der Waals surface area contributed by atoms with Crippen molar-refractivity contribution in [3.8, 4) is 11.3 Å². The molecule has 0 radical (unpaired) electrons. The zero-order valence-corrected chi connectivity index (χ0v) is 18.9. The monoisotopic (exact) mass is 448 g/mol. The van der Waals surface area contributed by atoms with Crippen molar-refractivity contribution in [2.75, 3.05) is 18.4 Å². The molecule has 0 atom stereocenters. The number of hydrogen-bond donors (Lipinski definition) is 1. The van der Waals surface area contributed by atoms with Crippen LogP contribution in [0.25, 0.3) is 11.3 Å². The molecule has 0 bridgehead atoms. The van der Waals surface area contributed by atoms with Crippen molar-refractivity contribution < 1.29 is 8.42 Å². The summed E-state index contributed by atoms with van der Waals surface area (Å²) in [5.41, 5.74) is 5.88. The van der Waals surface area contributed by atoms with Gasteiger partial charge in [0.2, 0.25) is 10.0 Å². The largest absolute Gasteiger partial charge is 0.365 e. The van der Waals surface area contributed by atoms with E-state index in [0.717, 1.165) is 36.1 Å². The van der Waals surface area contributed by atoms with Crippen LogP contribution < -0.4 is 5.32 Å². The van der Waals surface area contributed by atoms with Crippen LogP contribution in [0.5, 0.6) is 0 Å². The minimum atomic E-state index is -3.37. The molecule has 32 heavy (non-hydrogen) atoms. The van der Waals surface area contributed by atoms with Crippen LogP contribution in [0.15, 0.2) is 59.5 Å². The highest BCUT2D eigenvalue weighted by Crippen LogP contribution is 2.27. The highest BCUT2D eigenvalue weighted by Gasteiger charge is 2.26. The van der Waals surface area contributed by atoms with E-state index in [1.165, 1.54) is 30.4 Å². The molecule has 6 nitrogen and oxygen atoms in total. The van der Waals surface area contributed by atoms with Gasteiger partial charge in [-0.3, -0.25) is 0 Å². The average molecular weight is 449 g/mol. The van der Waals surface area contributed by atoms with Gasteiger partial charge in [0.15, 0.2) is 0 Å². The van der Waals surface area contributed by atoms with Crippen molar-refractivity contribution in [3.05, 3.63) is 71.3 Å². The van der Waals surface area contributed by atoms with Crippen LogP contribution >= 0.6 is 0 Å². The summed E-state index contributed by atoms with van der Waals surface area (Å²) in [7, 11) is -3.37. The fourth-order valence-corrected chi connectivity index (χ4v) is 6.04. The molecule has 1 N–H and O–H groups in total. The van der Waals surface area contributed by atoms with Crippen LogP contribution in [0.2, 0.25) is 0 Å². The summed E-state index contributed by atoms with van der Waals surface area (Å²) >= 11 is 0. The van der Waals surface area contributed by atoms with E-state index in [1.54, 1.807) is 16.4 Å². The van der Waals surface area contributed by atoms with Gasteiger partial charge >= 0.3 is 0 Å². The maximum atomic E-state index is 12.6. The first-order chi connectivity index (χ1) is 15.6. The lowest BCUT2D eigenvalue weighted by molar-refractivity contribution is 0.477. The molecule has 0 amide bonds. The van der Waals surface area contributed by atoms with Gasteiger partial charge in [-0.25, -0.2) is 8.42 Å². The molecule has 166 valence electrons. The summed E-state index contributed by atoms with van der Waals surface area (Å²) in [5, 5.41) is 12.0. The fraction of sp³-hybridized carbons (Fsp3) is 0.360. The summed E-state index contributed by atoms with van der Waals surface area (Å²) in [6.07, 6.45) is 6.74. The predicted molar refractivity (Wildman–Crippen MR) is 126 cm³/mol. The fourth-order valence-electron chi connectivity index (χ4n) is 4.52. The van der Waals surface area contributed by atoms with Crippen LogP contribution in [-0.2, 0) is 29.4 Å². The van der Waals surface area contributed by atoms with Gasteiger partial charge in [-0.15, -0.1) is 10.2 Å². The molecular weight excluding hydrogens is 420 g/mol. The number of benzene rings is 2. The second-order valence-corrected chi connectivity index (χ2v) is 10.5. The summed E-state index contributed by atoms with van der Waals surface area (Å²) in [6.45, 7) is 1.79. The van der Waals surface area contributed by atoms with Gasteiger partial charge in [0, 0.05) is 25.2 Å². The van der Waals surface area contributed by atoms with Crippen LogP contribution in [0.1, 0.15) is 42.4 Å². The zero-order chi connectivity index (χ0) is 22.0. The predicted octanol–water partition coefficient (Wildman–Crippen LogP) is 4.42. The number of hydrogen-bond acceptors (Lipinski definition) is 5. The van der Waals surface area contributed by atoms with E-state index in [4.69, 9.17) is 0 Å². The molecule has 1 aliphatic carbocycles. The molecule has 1 saturated heterocycles. The molecule has 0 unspecified atom stereocenters. The van der Waals surface area contributed by atoms with Crippen molar-refractivity contribution >= 4 is 15.8 Å². The number of aromatic nitrogens is 2. The van der Waals surface area contributed by atoms with Crippen molar-refractivity contribution in [3.63, 3.8) is 0 Å². The van der Waals surface area contributed by atoms with E-state index < -0.39 is 10.0 Å². The number of nitrogens with zero attached hydrogens (tertiary/aromatic N) is 3. The Morgan fingerprint density at radius 1 is 0.812 bits per heavy atom. The smallest absolute Gasteiger partial charge is 0.243 e. The number of nitrogens with one attached hydrogen (secondary N) is 1. The Morgan fingerprint density at radius 2 is 1.56 bits per heavy atom. The summed E-state index contributed by atoms with van der Waals surface area (Å²) < 4.78 is 26.9. The van der Waals surface area contributed by atoms with Gasteiger partial charge in [-0.1, -0.05) is 24.3 Å². The van der Waals surface area contributed by atoms with E-state index >= 15 is 0 Å². The Hall–Kier alpha value is -2.77.